The number of benzene rings is 2. The Morgan fingerprint density at radius 1 is 1.07 bits per heavy atom. The Hall–Kier alpha value is -3.62. The van der Waals surface area contributed by atoms with Gasteiger partial charge in [0.15, 0.2) is 5.84 Å². The molecule has 2 N–H and O–H groups in total. The molecule has 0 unspecified atom stereocenters. The number of rotatable bonds is 7. The van der Waals surface area contributed by atoms with Crippen LogP contribution < -0.4 is 5.73 Å². The lowest BCUT2D eigenvalue weighted by molar-refractivity contribution is -0.143. The zero-order chi connectivity index (χ0) is 19.9. The highest BCUT2D eigenvalue weighted by Gasteiger charge is 2.11. The number of carbonyl (C=O) groups excluding carboxylic acids is 1. The number of hydrogen-bond donors (Lipinski definition) is 1. The first kappa shape index (κ1) is 19.2. The van der Waals surface area contributed by atoms with E-state index in [1.807, 2.05) is 0 Å². The molecule has 0 aliphatic carbocycles. The molecule has 2 aromatic carbocycles. The third-order valence-electron chi connectivity index (χ3n) is 3.73. The summed E-state index contributed by atoms with van der Waals surface area (Å²) in [6, 6.07) is 11.0. The second-order valence-electron chi connectivity index (χ2n) is 5.82. The van der Waals surface area contributed by atoms with E-state index in [1.165, 1.54) is 36.4 Å². The number of oxime groups is 1. The van der Waals surface area contributed by atoms with Gasteiger partial charge >= 0.3 is 5.97 Å². The monoisotopic (exact) mass is 386 g/mol. The highest BCUT2D eigenvalue weighted by Crippen LogP contribution is 2.17. The Labute approximate surface area is 158 Å². The minimum atomic E-state index is -0.580. The van der Waals surface area contributed by atoms with Crippen LogP contribution in [0.3, 0.4) is 0 Å². The van der Waals surface area contributed by atoms with E-state index in [2.05, 4.69) is 15.3 Å². The summed E-state index contributed by atoms with van der Waals surface area (Å²) in [7, 11) is 0. The molecule has 0 atom stereocenters. The van der Waals surface area contributed by atoms with Crippen molar-refractivity contribution >= 4 is 11.8 Å². The fourth-order valence-electron chi connectivity index (χ4n) is 2.28. The van der Waals surface area contributed by atoms with Crippen LogP contribution in [-0.2, 0) is 16.1 Å². The van der Waals surface area contributed by atoms with Gasteiger partial charge in [-0.1, -0.05) is 10.3 Å². The van der Waals surface area contributed by atoms with Gasteiger partial charge in [-0.25, -0.2) is 13.6 Å². The molecule has 0 aliphatic rings. The molecular formula is C19H16F2N4O3. The fraction of sp³-hybridized carbons (Fsp3) is 0.158. The lowest BCUT2D eigenvalue weighted by atomic mass is 10.2. The third kappa shape index (κ3) is 5.19. The number of carbonyl (C=O) groups is 1. The van der Waals surface area contributed by atoms with Crippen molar-refractivity contribution in [3.63, 3.8) is 0 Å². The molecule has 0 saturated carbocycles. The zero-order valence-electron chi connectivity index (χ0n) is 14.6. The number of aryl methyl sites for hydroxylation is 1. The molecule has 0 saturated heterocycles. The number of aromatic nitrogens is 2. The van der Waals surface area contributed by atoms with Gasteiger partial charge in [-0.3, -0.25) is 0 Å². The van der Waals surface area contributed by atoms with Crippen LogP contribution in [0.25, 0.3) is 11.4 Å². The van der Waals surface area contributed by atoms with E-state index in [0.29, 0.717) is 35.7 Å². The van der Waals surface area contributed by atoms with Crippen LogP contribution in [0.5, 0.6) is 0 Å². The summed E-state index contributed by atoms with van der Waals surface area (Å²) < 4.78 is 30.9. The van der Waals surface area contributed by atoms with Gasteiger partial charge < -0.3 is 15.1 Å². The summed E-state index contributed by atoms with van der Waals surface area (Å²) in [6.07, 6.45) is 0.824. The van der Waals surface area contributed by atoms with Crippen molar-refractivity contribution in [2.24, 2.45) is 10.9 Å². The van der Waals surface area contributed by atoms with E-state index >= 15 is 0 Å². The average molecular weight is 386 g/mol. The smallest absolute Gasteiger partial charge is 0.335 e. The van der Waals surface area contributed by atoms with E-state index in [1.54, 1.807) is 12.1 Å². The van der Waals surface area contributed by atoms with Crippen LogP contribution in [0.15, 0.2) is 58.2 Å². The van der Waals surface area contributed by atoms with Gasteiger partial charge in [0, 0.05) is 24.0 Å². The standard InChI is InChI=1S/C19H16F2N4O3/c20-14-8-4-12(5-9-14)18(22)24-28-17(26)3-1-2-16-23-19(25-27-16)13-6-10-15(21)11-7-13/h4-11H,1-3H2,(H2,22,24). The minimum Gasteiger partial charge on any atom is -0.380 e. The largest absolute Gasteiger partial charge is 0.380 e. The van der Waals surface area contributed by atoms with Crippen LogP contribution in [-0.4, -0.2) is 21.9 Å². The molecule has 28 heavy (non-hydrogen) atoms. The van der Waals surface area contributed by atoms with Crippen molar-refractivity contribution in [3.8, 4) is 11.4 Å². The average Bonchev–Trinajstić information content (AvgIpc) is 3.16. The number of nitrogens with zero attached hydrogens (tertiary/aromatic N) is 3. The molecule has 7 nitrogen and oxygen atoms in total. The summed E-state index contributed by atoms with van der Waals surface area (Å²) in [5.41, 5.74) is 6.74. The molecule has 1 aromatic heterocycles. The first-order valence-electron chi connectivity index (χ1n) is 8.39. The molecule has 3 rings (SSSR count). The van der Waals surface area contributed by atoms with Gasteiger partial charge in [0.2, 0.25) is 11.7 Å². The van der Waals surface area contributed by atoms with Crippen molar-refractivity contribution in [2.45, 2.75) is 19.3 Å². The van der Waals surface area contributed by atoms with Gasteiger partial charge in [0.05, 0.1) is 0 Å². The van der Waals surface area contributed by atoms with Gasteiger partial charge in [0.25, 0.3) is 0 Å². The first-order valence-corrected chi connectivity index (χ1v) is 8.39. The molecule has 0 amide bonds. The van der Waals surface area contributed by atoms with Crippen LogP contribution >= 0.6 is 0 Å². The van der Waals surface area contributed by atoms with Crippen LogP contribution in [0.4, 0.5) is 8.78 Å². The minimum absolute atomic E-state index is 0.0332. The molecule has 0 fully saturated rings. The molecule has 144 valence electrons. The van der Waals surface area contributed by atoms with Gasteiger partial charge in [0.1, 0.15) is 11.6 Å². The maximum absolute atomic E-state index is 12.9. The predicted octanol–water partition coefficient (Wildman–Crippen LogP) is 3.20. The van der Waals surface area contributed by atoms with Crippen LogP contribution in [0.1, 0.15) is 24.3 Å². The quantitative estimate of drug-likeness (QED) is 0.289. The van der Waals surface area contributed by atoms with Crippen molar-refractivity contribution in [1.82, 2.24) is 10.1 Å². The molecule has 9 heteroatoms. The van der Waals surface area contributed by atoms with Crippen LogP contribution in [0.2, 0.25) is 0 Å². The number of amidine groups is 1. The summed E-state index contributed by atoms with van der Waals surface area (Å²) in [4.78, 5) is 20.7. The molecule has 0 aliphatic heterocycles. The van der Waals surface area contributed by atoms with E-state index in [9.17, 15) is 13.6 Å². The summed E-state index contributed by atoms with van der Waals surface area (Å²) in [5, 5.41) is 7.36. The van der Waals surface area contributed by atoms with Gasteiger partial charge in [-0.2, -0.15) is 4.98 Å². The molecule has 1 heterocycles. The maximum atomic E-state index is 12.9. The zero-order valence-corrected chi connectivity index (χ0v) is 14.6. The summed E-state index contributed by atoms with van der Waals surface area (Å²) in [6.45, 7) is 0. The van der Waals surface area contributed by atoms with E-state index in [4.69, 9.17) is 15.1 Å². The van der Waals surface area contributed by atoms with Crippen LogP contribution in [0, 0.1) is 11.6 Å². The Morgan fingerprint density at radius 2 is 1.71 bits per heavy atom. The Kier molecular flexibility index (Phi) is 6.05. The van der Waals surface area contributed by atoms with E-state index < -0.39 is 11.8 Å². The molecule has 0 bridgehead atoms. The predicted molar refractivity (Wildman–Crippen MR) is 95.8 cm³/mol. The van der Waals surface area contributed by atoms with Gasteiger partial charge in [-0.05, 0) is 55.0 Å². The summed E-state index contributed by atoms with van der Waals surface area (Å²) >= 11 is 0. The second kappa shape index (κ2) is 8.85. The SMILES string of the molecule is N/C(=N/OC(=O)CCCc1nc(-c2ccc(F)cc2)no1)c1ccc(F)cc1. The molecule has 0 spiro atoms. The van der Waals surface area contributed by atoms with E-state index in [0.717, 1.165) is 0 Å². The molecule has 3 aromatic rings. The van der Waals surface area contributed by atoms with Crippen molar-refractivity contribution in [1.29, 1.82) is 0 Å². The van der Waals surface area contributed by atoms with Crippen molar-refractivity contribution < 1.29 is 22.9 Å². The van der Waals surface area contributed by atoms with Crippen molar-refractivity contribution in [2.75, 3.05) is 0 Å². The number of halogens is 2. The lowest BCUT2D eigenvalue weighted by Gasteiger charge is -2.01. The Balaban J connectivity index is 1.46. The Morgan fingerprint density at radius 3 is 2.39 bits per heavy atom. The van der Waals surface area contributed by atoms with E-state index in [-0.39, 0.29) is 18.1 Å². The third-order valence-corrected chi connectivity index (χ3v) is 3.73. The van der Waals surface area contributed by atoms with Crippen molar-refractivity contribution in [3.05, 3.63) is 71.6 Å². The summed E-state index contributed by atoms with van der Waals surface area (Å²) in [5.74, 6) is -0.681. The fourth-order valence-corrected chi connectivity index (χ4v) is 2.28. The number of nitrogens with two attached hydrogens (primary N) is 1. The topological polar surface area (TPSA) is 104 Å². The lowest BCUT2D eigenvalue weighted by Crippen LogP contribution is -2.15. The molecular weight excluding hydrogens is 370 g/mol. The maximum Gasteiger partial charge on any atom is 0.335 e. The Bertz CT molecular complexity index is 970. The normalized spacial score (nSPS) is 11.4. The highest BCUT2D eigenvalue weighted by molar-refractivity contribution is 5.97. The van der Waals surface area contributed by atoms with Gasteiger partial charge in [-0.15, -0.1) is 0 Å². The first-order chi connectivity index (χ1) is 13.5. The molecule has 0 radical (unpaired) electrons. The second-order valence-corrected chi connectivity index (χ2v) is 5.82. The number of hydrogen-bond acceptors (Lipinski definition) is 6. The highest BCUT2D eigenvalue weighted by atomic mass is 19.1.